The van der Waals surface area contributed by atoms with E-state index in [4.69, 9.17) is 14.2 Å². The number of rotatable bonds is 16. The summed E-state index contributed by atoms with van der Waals surface area (Å²) in [6.45, 7) is 3.17. The zero-order chi connectivity index (χ0) is 29.0. The molecule has 0 spiro atoms. The molecule has 4 aromatic rings. The lowest BCUT2D eigenvalue weighted by atomic mass is 10.2. The predicted octanol–water partition coefficient (Wildman–Crippen LogP) is 3.07. The molecular formula is C28H34FN7O5. The molecule has 2 aromatic heterocycles. The minimum Gasteiger partial charge on any atom is -0.493 e. The molecule has 0 aliphatic rings. The van der Waals surface area contributed by atoms with Gasteiger partial charge in [-0.05, 0) is 30.7 Å². The van der Waals surface area contributed by atoms with Gasteiger partial charge in [-0.15, -0.1) is 0 Å². The zero-order valence-corrected chi connectivity index (χ0v) is 23.0. The third-order valence-corrected chi connectivity index (χ3v) is 6.13. The van der Waals surface area contributed by atoms with Gasteiger partial charge in [0.15, 0.2) is 11.5 Å². The molecule has 0 radical (unpaired) electrons. The number of aliphatic hydroxyl groups is 1. The first kappa shape index (κ1) is 29.6. The van der Waals surface area contributed by atoms with Crippen molar-refractivity contribution in [3.05, 3.63) is 60.9 Å². The Kier molecular flexibility index (Phi) is 10.8. The summed E-state index contributed by atoms with van der Waals surface area (Å²) in [6, 6.07) is 9.30. The van der Waals surface area contributed by atoms with Gasteiger partial charge in [0.1, 0.15) is 24.5 Å². The monoisotopic (exact) mass is 567 g/mol. The Morgan fingerprint density at radius 2 is 1.95 bits per heavy atom. The molecule has 13 heteroatoms. The molecule has 2 heterocycles. The van der Waals surface area contributed by atoms with Crippen LogP contribution in [0.1, 0.15) is 6.42 Å². The van der Waals surface area contributed by atoms with Crippen LogP contribution in [0.2, 0.25) is 0 Å². The van der Waals surface area contributed by atoms with Gasteiger partial charge in [-0.2, -0.15) is 5.10 Å². The molecule has 4 rings (SSSR count). The van der Waals surface area contributed by atoms with E-state index in [0.717, 1.165) is 19.5 Å². The van der Waals surface area contributed by atoms with Crippen molar-refractivity contribution >= 4 is 34.0 Å². The molecule has 0 saturated heterocycles. The molecule has 1 amide bonds. The third kappa shape index (κ3) is 8.58. The molecule has 0 unspecified atom stereocenters. The van der Waals surface area contributed by atoms with E-state index in [0.29, 0.717) is 59.4 Å². The highest BCUT2D eigenvalue weighted by Crippen LogP contribution is 2.34. The van der Waals surface area contributed by atoms with E-state index in [1.165, 1.54) is 29.2 Å². The fraction of sp³-hybridized carbons (Fsp3) is 0.357. The topological polar surface area (TPSA) is 136 Å². The Bertz CT molecular complexity index is 1430. The van der Waals surface area contributed by atoms with Crippen LogP contribution >= 0.6 is 0 Å². The lowest BCUT2D eigenvalue weighted by molar-refractivity contribution is -0.116. The number of nitrogens with one attached hydrogen (secondary N) is 2. The minimum absolute atomic E-state index is 0.0542. The Labute approximate surface area is 237 Å². The van der Waals surface area contributed by atoms with Gasteiger partial charge in [0.05, 0.1) is 44.3 Å². The van der Waals surface area contributed by atoms with Crippen molar-refractivity contribution in [2.45, 2.75) is 13.0 Å². The van der Waals surface area contributed by atoms with Crippen LogP contribution in [0.25, 0.3) is 10.9 Å². The van der Waals surface area contributed by atoms with Crippen molar-refractivity contribution in [1.82, 2.24) is 24.6 Å². The standard InChI is InChI=1S/C28H34FN7O5/c1-39-12-9-35(8-10-37)7-4-11-41-26-15-24-23(14-25(26)40-2)28(31-19-30-24)34-22-16-32-36(17-22)18-27(38)33-21-6-3-5-20(29)13-21/h3,5-6,13-17,19,37H,4,7-12,18H2,1-2H3,(H,33,38)(H,30,31,34). The van der Waals surface area contributed by atoms with E-state index in [2.05, 4.69) is 30.6 Å². The van der Waals surface area contributed by atoms with Crippen LogP contribution in [0.15, 0.2) is 55.1 Å². The van der Waals surface area contributed by atoms with Crippen molar-refractivity contribution < 1.29 is 28.5 Å². The number of aliphatic hydroxyl groups excluding tert-OH is 1. The van der Waals surface area contributed by atoms with E-state index in [-0.39, 0.29) is 19.1 Å². The summed E-state index contributed by atoms with van der Waals surface area (Å²) < 4.78 is 31.6. The number of methoxy groups -OCH3 is 2. The van der Waals surface area contributed by atoms with Crippen molar-refractivity contribution in [2.24, 2.45) is 0 Å². The normalized spacial score (nSPS) is 11.1. The van der Waals surface area contributed by atoms with Crippen molar-refractivity contribution in [3.8, 4) is 11.5 Å². The SMILES string of the molecule is COCCN(CCO)CCCOc1cc2ncnc(Nc3cnn(CC(=O)Nc4cccc(F)c4)c3)c2cc1OC. The zero-order valence-electron chi connectivity index (χ0n) is 23.0. The lowest BCUT2D eigenvalue weighted by Crippen LogP contribution is -2.32. The second kappa shape index (κ2) is 14.9. The van der Waals surface area contributed by atoms with Gasteiger partial charge in [0, 0.05) is 50.1 Å². The molecule has 12 nitrogen and oxygen atoms in total. The maximum absolute atomic E-state index is 13.4. The van der Waals surface area contributed by atoms with E-state index >= 15 is 0 Å². The third-order valence-electron chi connectivity index (χ3n) is 6.13. The Morgan fingerprint density at radius 1 is 1.07 bits per heavy atom. The number of hydrogen-bond acceptors (Lipinski definition) is 10. The summed E-state index contributed by atoms with van der Waals surface area (Å²) in [4.78, 5) is 23.2. The number of nitrogens with zero attached hydrogens (tertiary/aromatic N) is 5. The van der Waals surface area contributed by atoms with Crippen LogP contribution in [-0.4, -0.2) is 89.3 Å². The molecule has 0 aliphatic heterocycles. The van der Waals surface area contributed by atoms with E-state index in [9.17, 15) is 14.3 Å². The van der Waals surface area contributed by atoms with Crippen LogP contribution in [0.3, 0.4) is 0 Å². The largest absolute Gasteiger partial charge is 0.493 e. The molecule has 3 N–H and O–H groups in total. The fourth-order valence-corrected chi connectivity index (χ4v) is 4.17. The average Bonchev–Trinajstić information content (AvgIpc) is 3.39. The first-order valence-corrected chi connectivity index (χ1v) is 13.1. The number of benzene rings is 2. The van der Waals surface area contributed by atoms with Gasteiger partial charge >= 0.3 is 0 Å². The number of carbonyl (C=O) groups excluding carboxylic acids is 1. The molecule has 41 heavy (non-hydrogen) atoms. The van der Waals surface area contributed by atoms with E-state index in [1.807, 2.05) is 0 Å². The van der Waals surface area contributed by atoms with Gasteiger partial charge in [0.25, 0.3) is 0 Å². The van der Waals surface area contributed by atoms with Crippen molar-refractivity contribution in [1.29, 1.82) is 0 Å². The fourth-order valence-electron chi connectivity index (χ4n) is 4.17. The second-order valence-corrected chi connectivity index (χ2v) is 9.11. The van der Waals surface area contributed by atoms with Crippen LogP contribution < -0.4 is 20.1 Å². The molecular weight excluding hydrogens is 533 g/mol. The lowest BCUT2D eigenvalue weighted by Gasteiger charge is -2.21. The summed E-state index contributed by atoms with van der Waals surface area (Å²) in [6.07, 6.45) is 5.44. The Hall–Kier alpha value is -4.33. The quantitative estimate of drug-likeness (QED) is 0.173. The molecule has 0 fully saturated rings. The number of aromatic nitrogens is 4. The van der Waals surface area contributed by atoms with E-state index < -0.39 is 5.82 Å². The Balaban J connectivity index is 1.39. The average molecular weight is 568 g/mol. The summed E-state index contributed by atoms with van der Waals surface area (Å²) in [5, 5.41) is 20.1. The highest BCUT2D eigenvalue weighted by Gasteiger charge is 2.14. The first-order chi connectivity index (χ1) is 20.0. The number of fused-ring (bicyclic) bond motifs is 1. The number of anilines is 3. The molecule has 0 atom stereocenters. The number of amides is 1. The van der Waals surface area contributed by atoms with Gasteiger partial charge in [0.2, 0.25) is 5.91 Å². The number of halogens is 1. The Morgan fingerprint density at radius 3 is 2.73 bits per heavy atom. The van der Waals surface area contributed by atoms with Gasteiger partial charge in [-0.25, -0.2) is 14.4 Å². The van der Waals surface area contributed by atoms with Crippen LogP contribution in [0.4, 0.5) is 21.6 Å². The molecule has 0 saturated carbocycles. The van der Waals surface area contributed by atoms with Crippen LogP contribution in [0, 0.1) is 5.82 Å². The van der Waals surface area contributed by atoms with Gasteiger partial charge < -0.3 is 30.0 Å². The number of hydrogen-bond donors (Lipinski definition) is 3. The number of ether oxygens (including phenoxy) is 3. The summed E-state index contributed by atoms with van der Waals surface area (Å²) in [7, 11) is 3.22. The van der Waals surface area contributed by atoms with Gasteiger partial charge in [-0.3, -0.25) is 14.4 Å². The predicted molar refractivity (Wildman–Crippen MR) is 152 cm³/mol. The number of carbonyl (C=O) groups is 1. The smallest absolute Gasteiger partial charge is 0.246 e. The molecule has 218 valence electrons. The van der Waals surface area contributed by atoms with Crippen LogP contribution in [0.5, 0.6) is 11.5 Å². The molecule has 0 bridgehead atoms. The van der Waals surface area contributed by atoms with Gasteiger partial charge in [-0.1, -0.05) is 6.07 Å². The van der Waals surface area contributed by atoms with Crippen LogP contribution in [-0.2, 0) is 16.1 Å². The molecule has 2 aromatic carbocycles. The maximum Gasteiger partial charge on any atom is 0.246 e. The maximum atomic E-state index is 13.4. The highest BCUT2D eigenvalue weighted by molar-refractivity contribution is 5.93. The highest BCUT2D eigenvalue weighted by atomic mass is 19.1. The molecule has 0 aliphatic carbocycles. The first-order valence-electron chi connectivity index (χ1n) is 13.1. The van der Waals surface area contributed by atoms with E-state index in [1.54, 1.807) is 44.8 Å². The summed E-state index contributed by atoms with van der Waals surface area (Å²) >= 11 is 0. The summed E-state index contributed by atoms with van der Waals surface area (Å²) in [5.41, 5.74) is 1.64. The van der Waals surface area contributed by atoms with Crippen molar-refractivity contribution in [2.75, 3.05) is 64.3 Å². The summed E-state index contributed by atoms with van der Waals surface area (Å²) in [5.74, 6) is 0.853. The van der Waals surface area contributed by atoms with Crippen molar-refractivity contribution in [3.63, 3.8) is 0 Å². The minimum atomic E-state index is -0.430. The second-order valence-electron chi connectivity index (χ2n) is 9.11.